The molecule has 5 N–H and O–H groups in total. The molecular weight excluding hydrogens is 631 g/mol. The minimum Gasteiger partial charge on any atom is -0.492 e. The molecule has 1 amide bonds. The summed E-state index contributed by atoms with van der Waals surface area (Å²) in [6, 6.07) is 6.34. The number of nitrogens with zero attached hydrogens (tertiary/aromatic N) is 5. The highest BCUT2D eigenvalue weighted by molar-refractivity contribution is 7.88. The van der Waals surface area contributed by atoms with Gasteiger partial charge < -0.3 is 25.8 Å². The summed E-state index contributed by atoms with van der Waals surface area (Å²) in [7, 11) is -3.28. The van der Waals surface area contributed by atoms with E-state index in [0.717, 1.165) is 63.8 Å². The van der Waals surface area contributed by atoms with E-state index in [4.69, 9.17) is 38.8 Å². The number of nitrogens with one attached hydrogen (secondary N) is 2. The van der Waals surface area contributed by atoms with E-state index < -0.39 is 15.9 Å². The lowest BCUT2D eigenvalue weighted by molar-refractivity contribution is 0.0608. The number of anilines is 2. The predicted molar refractivity (Wildman–Crippen MR) is 172 cm³/mol. The standard InChI is InChI=1S/C28H42Cl2N8O5S/c1-3-21-18-37(27-25(30)34-24(26(31)35-27)28(40)32-8-14-39)12-13-38(21)22-6-10-36(11-7-22)17-19-4-5-20(29)16-23(19)43-15-9-33-44(2,41)42/h4-5,16,21-22,33,39H,3,6-15,17-18H2,1-2H3,(H2,31,35)(H,32,40)/t21-/m0/s1. The number of nitrogens with two attached hydrogens (primary N) is 1. The average molecular weight is 674 g/mol. The lowest BCUT2D eigenvalue weighted by Gasteiger charge is -2.47. The van der Waals surface area contributed by atoms with E-state index in [0.29, 0.717) is 35.2 Å². The second-order valence-corrected chi connectivity index (χ2v) is 13.7. The molecule has 1 aromatic heterocycles. The van der Waals surface area contributed by atoms with Crippen molar-refractivity contribution in [1.29, 1.82) is 0 Å². The first-order chi connectivity index (χ1) is 21.0. The summed E-state index contributed by atoms with van der Waals surface area (Å²) in [5.74, 6) is 0.617. The molecule has 0 saturated carbocycles. The van der Waals surface area contributed by atoms with Crippen LogP contribution in [0.4, 0.5) is 11.6 Å². The molecule has 44 heavy (non-hydrogen) atoms. The smallest absolute Gasteiger partial charge is 0.273 e. The van der Waals surface area contributed by atoms with Crippen LogP contribution in [-0.2, 0) is 16.6 Å². The van der Waals surface area contributed by atoms with Gasteiger partial charge in [-0.05, 0) is 44.5 Å². The number of halogens is 2. The van der Waals surface area contributed by atoms with Crippen molar-refractivity contribution in [3.63, 3.8) is 0 Å². The zero-order chi connectivity index (χ0) is 31.9. The summed E-state index contributed by atoms with van der Waals surface area (Å²) in [5.41, 5.74) is 7.04. The van der Waals surface area contributed by atoms with Gasteiger partial charge in [-0.15, -0.1) is 0 Å². The van der Waals surface area contributed by atoms with E-state index in [9.17, 15) is 13.2 Å². The third-order valence-electron chi connectivity index (χ3n) is 7.95. The fourth-order valence-corrected chi connectivity index (χ4v) is 6.64. The topological polar surface area (TPSA) is 166 Å². The molecule has 2 aliphatic rings. The number of sulfonamides is 1. The Hall–Kier alpha value is -2.46. The number of aromatic nitrogens is 2. The molecule has 0 bridgehead atoms. The number of aliphatic hydroxyl groups excluding tert-OH is 1. The zero-order valence-electron chi connectivity index (χ0n) is 25.1. The Morgan fingerprint density at radius 2 is 1.91 bits per heavy atom. The Kier molecular flexibility index (Phi) is 12.3. The Morgan fingerprint density at radius 3 is 2.59 bits per heavy atom. The fourth-order valence-electron chi connectivity index (χ4n) is 5.78. The normalized spacial score (nSPS) is 18.8. The van der Waals surface area contributed by atoms with E-state index in [-0.39, 0.29) is 43.0 Å². The number of aliphatic hydroxyl groups is 1. The number of likely N-dealkylation sites (tertiary alicyclic amines) is 1. The molecular formula is C28H42Cl2N8O5S. The molecule has 4 rings (SSSR count). The first kappa shape index (κ1) is 34.4. The number of piperazine rings is 1. The number of amides is 1. The van der Waals surface area contributed by atoms with Crippen LogP contribution in [0.25, 0.3) is 0 Å². The number of rotatable bonds is 13. The maximum Gasteiger partial charge on any atom is 0.273 e. The quantitative estimate of drug-likeness (QED) is 0.228. The maximum atomic E-state index is 12.3. The van der Waals surface area contributed by atoms with Crippen LogP contribution in [0.15, 0.2) is 18.2 Å². The number of hydrogen-bond acceptors (Lipinski definition) is 11. The Labute approximate surface area is 269 Å². The molecule has 0 unspecified atom stereocenters. The van der Waals surface area contributed by atoms with Crippen molar-refractivity contribution in [2.75, 3.05) is 75.9 Å². The van der Waals surface area contributed by atoms with E-state index in [1.165, 1.54) is 0 Å². The maximum absolute atomic E-state index is 12.3. The molecule has 2 saturated heterocycles. The molecule has 1 atom stereocenters. The highest BCUT2D eigenvalue weighted by Gasteiger charge is 2.34. The van der Waals surface area contributed by atoms with Crippen molar-refractivity contribution in [1.82, 2.24) is 29.8 Å². The van der Waals surface area contributed by atoms with E-state index in [1.54, 1.807) is 6.07 Å². The van der Waals surface area contributed by atoms with Gasteiger partial charge in [0.1, 0.15) is 12.4 Å². The first-order valence-corrected chi connectivity index (χ1v) is 17.4. The van der Waals surface area contributed by atoms with Crippen molar-refractivity contribution in [2.45, 2.75) is 44.8 Å². The van der Waals surface area contributed by atoms with E-state index in [2.05, 4.69) is 41.6 Å². The minimum atomic E-state index is -3.28. The zero-order valence-corrected chi connectivity index (χ0v) is 27.5. The van der Waals surface area contributed by atoms with Crippen LogP contribution >= 0.6 is 23.2 Å². The van der Waals surface area contributed by atoms with Crippen molar-refractivity contribution in [3.8, 4) is 5.75 Å². The van der Waals surface area contributed by atoms with Gasteiger partial charge in [0.2, 0.25) is 10.0 Å². The molecule has 0 aliphatic carbocycles. The molecule has 2 fully saturated rings. The number of hydrogen-bond donors (Lipinski definition) is 4. The van der Waals surface area contributed by atoms with Crippen LogP contribution < -0.4 is 25.4 Å². The minimum absolute atomic E-state index is 0.00232. The summed E-state index contributed by atoms with van der Waals surface area (Å²) in [4.78, 5) is 28.1. The van der Waals surface area contributed by atoms with Gasteiger partial charge in [-0.25, -0.2) is 23.1 Å². The number of nitrogen functional groups attached to an aromatic ring is 1. The Bertz CT molecular complexity index is 1390. The molecule has 0 spiro atoms. The van der Waals surface area contributed by atoms with Crippen molar-refractivity contribution in [2.24, 2.45) is 0 Å². The molecule has 0 radical (unpaired) electrons. The van der Waals surface area contributed by atoms with E-state index >= 15 is 0 Å². The molecule has 1 aromatic carbocycles. The van der Waals surface area contributed by atoms with E-state index in [1.807, 2.05) is 12.1 Å². The van der Waals surface area contributed by atoms with Gasteiger partial charge in [-0.3, -0.25) is 14.6 Å². The lowest BCUT2D eigenvalue weighted by atomic mass is 9.97. The second-order valence-electron chi connectivity index (χ2n) is 11.1. The van der Waals surface area contributed by atoms with Crippen molar-refractivity contribution in [3.05, 3.63) is 39.6 Å². The Morgan fingerprint density at radius 1 is 1.16 bits per heavy atom. The third-order valence-corrected chi connectivity index (χ3v) is 9.17. The summed E-state index contributed by atoms with van der Waals surface area (Å²) in [5, 5.41) is 12.2. The number of carbonyl (C=O) groups is 1. The second kappa shape index (κ2) is 15.7. The number of piperidine rings is 1. The number of ether oxygens (including phenoxy) is 1. The van der Waals surface area contributed by atoms with Crippen LogP contribution in [-0.4, -0.2) is 117 Å². The summed E-state index contributed by atoms with van der Waals surface area (Å²) in [6.45, 7) is 7.33. The molecule has 2 aliphatic heterocycles. The van der Waals surface area contributed by atoms with Gasteiger partial charge in [-0.1, -0.05) is 36.2 Å². The molecule has 244 valence electrons. The van der Waals surface area contributed by atoms with Gasteiger partial charge in [0, 0.05) is 61.9 Å². The molecule has 2 aromatic rings. The highest BCUT2D eigenvalue weighted by Crippen LogP contribution is 2.31. The SMILES string of the molecule is CC[C@H]1CN(c2nc(N)c(C(=O)NCCO)nc2Cl)CCN1C1CCN(Cc2ccc(Cl)cc2OCCNS(C)(=O)=O)CC1. The average Bonchev–Trinajstić information content (AvgIpc) is 3.00. The lowest BCUT2D eigenvalue weighted by Crippen LogP contribution is -2.58. The molecule has 16 heteroatoms. The van der Waals surface area contributed by atoms with Crippen LogP contribution in [0.2, 0.25) is 10.2 Å². The third kappa shape index (κ3) is 9.28. The largest absolute Gasteiger partial charge is 0.492 e. The van der Waals surface area contributed by atoms with Gasteiger partial charge >= 0.3 is 0 Å². The Balaban J connectivity index is 1.32. The monoisotopic (exact) mass is 672 g/mol. The van der Waals surface area contributed by atoms with Crippen LogP contribution in [0, 0.1) is 0 Å². The van der Waals surface area contributed by atoms with Crippen molar-refractivity contribution < 1.29 is 23.1 Å². The predicted octanol–water partition coefficient (Wildman–Crippen LogP) is 1.58. The van der Waals surface area contributed by atoms with Crippen LogP contribution in [0.5, 0.6) is 5.75 Å². The molecule has 13 nitrogen and oxygen atoms in total. The fraction of sp³-hybridized carbons (Fsp3) is 0.607. The summed E-state index contributed by atoms with van der Waals surface area (Å²) >= 11 is 12.7. The van der Waals surface area contributed by atoms with Gasteiger partial charge in [0.05, 0.1) is 12.9 Å². The number of carbonyl (C=O) groups excluding carboxylic acids is 1. The van der Waals surface area contributed by atoms with Crippen molar-refractivity contribution >= 4 is 50.8 Å². The first-order valence-electron chi connectivity index (χ1n) is 14.8. The molecule has 3 heterocycles. The van der Waals surface area contributed by atoms with Crippen LogP contribution in [0.3, 0.4) is 0 Å². The summed E-state index contributed by atoms with van der Waals surface area (Å²) < 4.78 is 31.0. The van der Waals surface area contributed by atoms with Crippen LogP contribution in [0.1, 0.15) is 42.2 Å². The van der Waals surface area contributed by atoms with Gasteiger partial charge in [0.15, 0.2) is 22.5 Å². The number of benzene rings is 1. The highest BCUT2D eigenvalue weighted by atomic mass is 35.5. The summed E-state index contributed by atoms with van der Waals surface area (Å²) in [6.07, 6.45) is 4.14. The van der Waals surface area contributed by atoms with Gasteiger partial charge in [0.25, 0.3) is 5.91 Å². The van der Waals surface area contributed by atoms with Gasteiger partial charge in [-0.2, -0.15) is 0 Å².